The molecule has 1 aliphatic rings. The van der Waals surface area contributed by atoms with Crippen LogP contribution >= 0.6 is 0 Å². The summed E-state index contributed by atoms with van der Waals surface area (Å²) in [5, 5.41) is 3.72. The summed E-state index contributed by atoms with van der Waals surface area (Å²) in [5.74, 6) is 0. The lowest BCUT2D eigenvalue weighted by Gasteiger charge is -2.39. The van der Waals surface area contributed by atoms with Crippen molar-refractivity contribution in [1.29, 1.82) is 0 Å². The lowest BCUT2D eigenvalue weighted by atomic mass is 9.80. The van der Waals surface area contributed by atoms with Crippen molar-refractivity contribution in [2.45, 2.75) is 57.9 Å². The van der Waals surface area contributed by atoms with Crippen molar-refractivity contribution in [3.05, 3.63) is 35.9 Å². The SMILES string of the molecule is CC(C)(C)NCC(C)(CN1CCCCC1)c1ccccc1. The van der Waals surface area contributed by atoms with Crippen molar-refractivity contribution in [2.75, 3.05) is 26.2 Å². The maximum atomic E-state index is 3.72. The molecule has 0 aromatic heterocycles. The molecule has 118 valence electrons. The number of likely N-dealkylation sites (tertiary alicyclic amines) is 1. The zero-order valence-electron chi connectivity index (χ0n) is 14.3. The molecule has 0 saturated carbocycles. The van der Waals surface area contributed by atoms with Gasteiger partial charge in [-0.3, -0.25) is 0 Å². The van der Waals surface area contributed by atoms with Crippen LogP contribution in [0.15, 0.2) is 30.3 Å². The fraction of sp³-hybridized carbons (Fsp3) is 0.684. The summed E-state index contributed by atoms with van der Waals surface area (Å²) in [7, 11) is 0. The Hall–Kier alpha value is -0.860. The Morgan fingerprint density at radius 3 is 2.14 bits per heavy atom. The molecule has 2 nitrogen and oxygen atoms in total. The number of nitrogens with zero attached hydrogens (tertiary/aromatic N) is 1. The molecule has 1 aliphatic heterocycles. The number of rotatable bonds is 5. The van der Waals surface area contributed by atoms with E-state index >= 15 is 0 Å². The van der Waals surface area contributed by atoms with Crippen LogP contribution in [0.4, 0.5) is 0 Å². The molecule has 1 unspecified atom stereocenters. The second kappa shape index (κ2) is 6.93. The second-order valence-electron chi connectivity index (χ2n) is 7.87. The van der Waals surface area contributed by atoms with E-state index in [2.05, 4.69) is 68.2 Å². The van der Waals surface area contributed by atoms with E-state index in [1.807, 2.05) is 0 Å². The zero-order valence-corrected chi connectivity index (χ0v) is 14.3. The molecular formula is C19H32N2. The van der Waals surface area contributed by atoms with Gasteiger partial charge in [-0.2, -0.15) is 0 Å². The number of benzene rings is 1. The van der Waals surface area contributed by atoms with Crippen LogP contribution < -0.4 is 5.32 Å². The minimum Gasteiger partial charge on any atom is -0.311 e. The fourth-order valence-electron chi connectivity index (χ4n) is 3.16. The lowest BCUT2D eigenvalue weighted by Crippen LogP contribution is -2.50. The molecule has 1 saturated heterocycles. The standard InChI is InChI=1S/C19H32N2/c1-18(2,3)20-15-19(4,17-11-7-5-8-12-17)16-21-13-9-6-10-14-21/h5,7-8,11-12,20H,6,9-10,13-16H2,1-4H3. The first-order valence-electron chi connectivity index (χ1n) is 8.42. The van der Waals surface area contributed by atoms with E-state index in [1.54, 1.807) is 0 Å². The van der Waals surface area contributed by atoms with Gasteiger partial charge in [-0.1, -0.05) is 43.7 Å². The Balaban J connectivity index is 2.12. The van der Waals surface area contributed by atoms with Gasteiger partial charge in [0, 0.05) is 24.0 Å². The summed E-state index contributed by atoms with van der Waals surface area (Å²) in [6, 6.07) is 11.0. The molecule has 1 heterocycles. The van der Waals surface area contributed by atoms with Crippen LogP contribution in [0.5, 0.6) is 0 Å². The Labute approximate surface area is 130 Å². The quantitative estimate of drug-likeness (QED) is 0.886. The Bertz CT molecular complexity index is 415. The highest BCUT2D eigenvalue weighted by Crippen LogP contribution is 2.26. The number of hydrogen-bond donors (Lipinski definition) is 1. The molecule has 0 spiro atoms. The molecule has 1 N–H and O–H groups in total. The van der Waals surface area contributed by atoms with E-state index in [-0.39, 0.29) is 11.0 Å². The second-order valence-corrected chi connectivity index (χ2v) is 7.87. The molecule has 1 aromatic carbocycles. The van der Waals surface area contributed by atoms with Gasteiger partial charge in [-0.15, -0.1) is 0 Å². The minimum atomic E-state index is 0.165. The summed E-state index contributed by atoms with van der Waals surface area (Å²) >= 11 is 0. The highest BCUT2D eigenvalue weighted by Gasteiger charge is 2.30. The fourth-order valence-corrected chi connectivity index (χ4v) is 3.16. The van der Waals surface area contributed by atoms with Crippen LogP contribution in [0.25, 0.3) is 0 Å². The Morgan fingerprint density at radius 1 is 0.952 bits per heavy atom. The normalized spacial score (nSPS) is 20.2. The van der Waals surface area contributed by atoms with Crippen LogP contribution in [-0.2, 0) is 5.41 Å². The predicted octanol–water partition coefficient (Wildman–Crippen LogP) is 3.82. The summed E-state index contributed by atoms with van der Waals surface area (Å²) in [6.45, 7) is 13.9. The third kappa shape index (κ3) is 5.12. The van der Waals surface area contributed by atoms with Crippen molar-refractivity contribution in [2.24, 2.45) is 0 Å². The zero-order chi connectivity index (χ0) is 15.3. The number of hydrogen-bond acceptors (Lipinski definition) is 2. The van der Waals surface area contributed by atoms with Gasteiger partial charge in [0.25, 0.3) is 0 Å². The maximum absolute atomic E-state index is 3.72. The van der Waals surface area contributed by atoms with Gasteiger partial charge in [-0.05, 0) is 52.3 Å². The van der Waals surface area contributed by atoms with E-state index < -0.39 is 0 Å². The number of piperidine rings is 1. The van der Waals surface area contributed by atoms with Gasteiger partial charge in [0.15, 0.2) is 0 Å². The van der Waals surface area contributed by atoms with Crippen molar-refractivity contribution >= 4 is 0 Å². The van der Waals surface area contributed by atoms with Crippen molar-refractivity contribution in [1.82, 2.24) is 10.2 Å². The molecular weight excluding hydrogens is 256 g/mol. The molecule has 0 amide bonds. The van der Waals surface area contributed by atoms with Gasteiger partial charge in [0.2, 0.25) is 0 Å². The topological polar surface area (TPSA) is 15.3 Å². The lowest BCUT2D eigenvalue weighted by molar-refractivity contribution is 0.175. The average molecular weight is 288 g/mol. The summed E-state index contributed by atoms with van der Waals surface area (Å²) in [4.78, 5) is 2.65. The molecule has 1 fully saturated rings. The van der Waals surface area contributed by atoms with Gasteiger partial charge in [-0.25, -0.2) is 0 Å². The predicted molar refractivity (Wildman–Crippen MR) is 91.8 cm³/mol. The highest BCUT2D eigenvalue weighted by atomic mass is 15.1. The first-order valence-corrected chi connectivity index (χ1v) is 8.42. The molecule has 2 heteroatoms. The molecule has 1 atom stereocenters. The third-order valence-corrected chi connectivity index (χ3v) is 4.50. The van der Waals surface area contributed by atoms with Gasteiger partial charge in [0.05, 0.1) is 0 Å². The molecule has 2 rings (SSSR count). The average Bonchev–Trinajstić information content (AvgIpc) is 2.47. The summed E-state index contributed by atoms with van der Waals surface area (Å²) in [5.41, 5.74) is 1.79. The first kappa shape index (κ1) is 16.5. The van der Waals surface area contributed by atoms with E-state index in [0.29, 0.717) is 0 Å². The minimum absolute atomic E-state index is 0.165. The van der Waals surface area contributed by atoms with E-state index in [9.17, 15) is 0 Å². The number of nitrogens with one attached hydrogen (secondary N) is 1. The molecule has 0 radical (unpaired) electrons. The van der Waals surface area contributed by atoms with Crippen LogP contribution in [0.3, 0.4) is 0 Å². The largest absolute Gasteiger partial charge is 0.311 e. The van der Waals surface area contributed by atoms with Crippen LogP contribution in [0.1, 0.15) is 52.5 Å². The van der Waals surface area contributed by atoms with Crippen LogP contribution in [0, 0.1) is 0 Å². The van der Waals surface area contributed by atoms with Crippen molar-refractivity contribution in [3.63, 3.8) is 0 Å². The van der Waals surface area contributed by atoms with Crippen molar-refractivity contribution < 1.29 is 0 Å². The molecule has 1 aromatic rings. The van der Waals surface area contributed by atoms with Gasteiger partial charge >= 0.3 is 0 Å². The molecule has 21 heavy (non-hydrogen) atoms. The van der Waals surface area contributed by atoms with Crippen LogP contribution in [-0.4, -0.2) is 36.6 Å². The highest BCUT2D eigenvalue weighted by molar-refractivity contribution is 5.26. The summed E-state index contributed by atoms with van der Waals surface area (Å²) < 4.78 is 0. The van der Waals surface area contributed by atoms with Gasteiger partial charge in [0.1, 0.15) is 0 Å². The van der Waals surface area contributed by atoms with Crippen LogP contribution in [0.2, 0.25) is 0 Å². The van der Waals surface area contributed by atoms with Gasteiger partial charge < -0.3 is 10.2 Å². The first-order chi connectivity index (χ1) is 9.89. The van der Waals surface area contributed by atoms with E-state index in [4.69, 9.17) is 0 Å². The Morgan fingerprint density at radius 2 is 1.57 bits per heavy atom. The smallest absolute Gasteiger partial charge is 0.0177 e. The Kier molecular flexibility index (Phi) is 5.45. The third-order valence-electron chi connectivity index (χ3n) is 4.50. The molecule has 0 bridgehead atoms. The molecule has 0 aliphatic carbocycles. The van der Waals surface area contributed by atoms with E-state index in [1.165, 1.54) is 37.9 Å². The van der Waals surface area contributed by atoms with E-state index in [0.717, 1.165) is 13.1 Å². The monoisotopic (exact) mass is 288 g/mol. The maximum Gasteiger partial charge on any atom is 0.0177 e. The van der Waals surface area contributed by atoms with Crippen molar-refractivity contribution in [3.8, 4) is 0 Å². The summed E-state index contributed by atoms with van der Waals surface area (Å²) in [6.07, 6.45) is 4.12.